The van der Waals surface area contributed by atoms with Gasteiger partial charge in [-0.3, -0.25) is 4.40 Å². The smallest absolute Gasteiger partial charge is 0.161 e. The van der Waals surface area contributed by atoms with Crippen LogP contribution in [0.1, 0.15) is 24.6 Å². The van der Waals surface area contributed by atoms with E-state index in [1.807, 2.05) is 0 Å². The average Bonchev–Trinajstić information content (AvgIpc) is 2.73. The van der Waals surface area contributed by atoms with Gasteiger partial charge in [0.05, 0.1) is 11.5 Å². The molecule has 2 aromatic heterocycles. The van der Waals surface area contributed by atoms with Crippen molar-refractivity contribution in [2.45, 2.75) is 18.8 Å². The summed E-state index contributed by atoms with van der Waals surface area (Å²) in [5.74, 6) is 0.949. The largest absolute Gasteiger partial charge is 0.269 e. The molecule has 1 saturated heterocycles. The summed E-state index contributed by atoms with van der Waals surface area (Å²) in [6.07, 6.45) is 1.48. The molecule has 0 amide bonds. The Labute approximate surface area is 110 Å². The van der Waals surface area contributed by atoms with E-state index in [0.717, 1.165) is 6.42 Å². The molecule has 0 bridgehead atoms. The molecule has 0 radical (unpaired) electrons. The monoisotopic (exact) mass is 285 g/mol. The first-order valence-corrected chi connectivity index (χ1v) is 7.97. The molecule has 1 aliphatic heterocycles. The second-order valence-corrected chi connectivity index (χ2v) is 7.17. The van der Waals surface area contributed by atoms with Crippen molar-refractivity contribution in [3.05, 3.63) is 29.2 Å². The molecule has 3 rings (SSSR count). The fraction of sp³-hybridized carbons (Fsp3) is 0.455. The van der Waals surface area contributed by atoms with Crippen LogP contribution in [-0.4, -0.2) is 34.5 Å². The van der Waals surface area contributed by atoms with Crippen LogP contribution in [0.3, 0.4) is 0 Å². The molecular weight excluding hydrogens is 274 g/mol. The summed E-state index contributed by atoms with van der Waals surface area (Å²) < 4.78 is 25.1. The van der Waals surface area contributed by atoms with Crippen molar-refractivity contribution < 1.29 is 8.42 Å². The van der Waals surface area contributed by atoms with E-state index in [2.05, 4.69) is 10.2 Å². The lowest BCUT2D eigenvalue weighted by Crippen LogP contribution is -2.25. The molecular formula is C11H12ClN3O2S. The van der Waals surface area contributed by atoms with E-state index in [-0.39, 0.29) is 17.4 Å². The lowest BCUT2D eigenvalue weighted by Gasteiger charge is -2.20. The van der Waals surface area contributed by atoms with Gasteiger partial charge in [-0.15, -0.1) is 10.2 Å². The minimum absolute atomic E-state index is 0.112. The Balaban J connectivity index is 2.09. The van der Waals surface area contributed by atoms with E-state index in [4.69, 9.17) is 11.6 Å². The number of hydrogen-bond acceptors (Lipinski definition) is 4. The Hall–Kier alpha value is -1.14. The predicted molar refractivity (Wildman–Crippen MR) is 68.6 cm³/mol. The molecule has 96 valence electrons. The van der Waals surface area contributed by atoms with Crippen molar-refractivity contribution in [3.8, 4) is 0 Å². The van der Waals surface area contributed by atoms with Crippen molar-refractivity contribution in [3.63, 3.8) is 0 Å². The Morgan fingerprint density at radius 2 is 2.17 bits per heavy atom. The molecule has 1 fully saturated rings. The lowest BCUT2D eigenvalue weighted by molar-refractivity contribution is 0.541. The van der Waals surface area contributed by atoms with E-state index in [0.29, 0.717) is 23.0 Å². The van der Waals surface area contributed by atoms with Crippen molar-refractivity contribution in [2.24, 2.45) is 0 Å². The first-order chi connectivity index (χ1) is 8.57. The zero-order chi connectivity index (χ0) is 12.8. The average molecular weight is 286 g/mol. The molecule has 3 heterocycles. The summed E-state index contributed by atoms with van der Waals surface area (Å²) in [4.78, 5) is 0. The van der Waals surface area contributed by atoms with Gasteiger partial charge >= 0.3 is 0 Å². The molecule has 2 aromatic rings. The summed E-state index contributed by atoms with van der Waals surface area (Å²) in [5, 5.41) is 8.66. The summed E-state index contributed by atoms with van der Waals surface area (Å²) in [5.41, 5.74) is 0.653. The van der Waals surface area contributed by atoms with Crippen LogP contribution in [0.15, 0.2) is 18.2 Å². The first-order valence-electron chi connectivity index (χ1n) is 5.77. The first kappa shape index (κ1) is 11.9. The fourth-order valence-corrected chi connectivity index (χ4v) is 4.36. The maximum Gasteiger partial charge on any atom is 0.161 e. The van der Waals surface area contributed by atoms with Gasteiger partial charge in [0, 0.05) is 5.92 Å². The van der Waals surface area contributed by atoms with Crippen LogP contribution >= 0.6 is 11.6 Å². The highest BCUT2D eigenvalue weighted by atomic mass is 35.5. The minimum atomic E-state index is -2.96. The summed E-state index contributed by atoms with van der Waals surface area (Å²) in [7, 11) is -2.96. The molecule has 7 heteroatoms. The number of fused-ring (bicyclic) bond motifs is 1. The van der Waals surface area contributed by atoms with Crippen LogP contribution in [0.2, 0.25) is 5.15 Å². The van der Waals surface area contributed by atoms with Crippen LogP contribution in [-0.2, 0) is 9.84 Å². The van der Waals surface area contributed by atoms with E-state index in [1.165, 1.54) is 0 Å². The van der Waals surface area contributed by atoms with Crippen molar-refractivity contribution in [2.75, 3.05) is 11.5 Å². The molecule has 1 aliphatic rings. The van der Waals surface area contributed by atoms with Crippen LogP contribution < -0.4 is 0 Å². The Kier molecular flexibility index (Phi) is 2.79. The molecule has 0 aliphatic carbocycles. The second-order valence-electron chi connectivity index (χ2n) is 4.55. The van der Waals surface area contributed by atoms with E-state index < -0.39 is 9.84 Å². The van der Waals surface area contributed by atoms with Gasteiger partial charge in [0.15, 0.2) is 15.5 Å². The fourth-order valence-electron chi connectivity index (χ4n) is 2.41. The highest BCUT2D eigenvalue weighted by Gasteiger charge is 2.29. The molecule has 0 aromatic carbocycles. The van der Waals surface area contributed by atoms with Crippen molar-refractivity contribution in [1.82, 2.24) is 14.6 Å². The van der Waals surface area contributed by atoms with Crippen molar-refractivity contribution >= 4 is 27.1 Å². The standard InChI is InChI=1S/C11H12ClN3O2S/c12-9-4-1-5-10-13-14-11(15(9)10)8-3-2-6-18(16,17)7-8/h1,4-5,8H,2-3,6-7H2. The number of aromatic nitrogens is 3. The van der Waals surface area contributed by atoms with Gasteiger partial charge in [0.1, 0.15) is 11.0 Å². The maximum atomic E-state index is 11.7. The molecule has 0 saturated carbocycles. The Bertz CT molecular complexity index is 695. The van der Waals surface area contributed by atoms with Crippen LogP contribution in [0.4, 0.5) is 0 Å². The number of pyridine rings is 1. The molecule has 1 unspecified atom stereocenters. The highest BCUT2D eigenvalue weighted by Crippen LogP contribution is 2.28. The minimum Gasteiger partial charge on any atom is -0.269 e. The van der Waals surface area contributed by atoms with Gasteiger partial charge in [0.25, 0.3) is 0 Å². The van der Waals surface area contributed by atoms with Crippen LogP contribution in [0.5, 0.6) is 0 Å². The van der Waals surface area contributed by atoms with Gasteiger partial charge in [-0.1, -0.05) is 17.7 Å². The molecule has 0 N–H and O–H groups in total. The van der Waals surface area contributed by atoms with E-state index in [1.54, 1.807) is 22.6 Å². The quantitative estimate of drug-likeness (QED) is 0.748. The number of nitrogens with zero attached hydrogens (tertiary/aromatic N) is 3. The number of hydrogen-bond donors (Lipinski definition) is 0. The van der Waals surface area contributed by atoms with Crippen LogP contribution in [0.25, 0.3) is 5.65 Å². The number of sulfone groups is 1. The predicted octanol–water partition coefficient (Wildman–Crippen LogP) is 1.67. The highest BCUT2D eigenvalue weighted by molar-refractivity contribution is 7.91. The SMILES string of the molecule is O=S1(=O)CCCC(c2nnc3cccc(Cl)n23)C1. The second kappa shape index (κ2) is 4.20. The normalized spacial score (nSPS) is 23.3. The van der Waals surface area contributed by atoms with Gasteiger partial charge in [-0.05, 0) is 25.0 Å². The van der Waals surface area contributed by atoms with Gasteiger partial charge < -0.3 is 0 Å². The number of halogens is 1. The van der Waals surface area contributed by atoms with E-state index >= 15 is 0 Å². The molecule has 18 heavy (non-hydrogen) atoms. The zero-order valence-corrected chi connectivity index (χ0v) is 11.2. The summed E-state index contributed by atoms with van der Waals surface area (Å²) in [6, 6.07) is 5.35. The lowest BCUT2D eigenvalue weighted by atomic mass is 10.1. The third-order valence-electron chi connectivity index (χ3n) is 3.23. The topological polar surface area (TPSA) is 64.3 Å². The van der Waals surface area contributed by atoms with E-state index in [9.17, 15) is 8.42 Å². The maximum absolute atomic E-state index is 11.7. The van der Waals surface area contributed by atoms with Crippen molar-refractivity contribution in [1.29, 1.82) is 0 Å². The third kappa shape index (κ3) is 1.99. The zero-order valence-electron chi connectivity index (χ0n) is 9.58. The van der Waals surface area contributed by atoms with Gasteiger partial charge in [-0.2, -0.15) is 0 Å². The summed E-state index contributed by atoms with van der Waals surface area (Å²) >= 11 is 6.13. The van der Waals surface area contributed by atoms with Gasteiger partial charge in [-0.25, -0.2) is 8.42 Å². The third-order valence-corrected chi connectivity index (χ3v) is 5.35. The van der Waals surface area contributed by atoms with Crippen LogP contribution in [0, 0.1) is 0 Å². The Morgan fingerprint density at radius 3 is 2.94 bits per heavy atom. The number of rotatable bonds is 1. The van der Waals surface area contributed by atoms with Gasteiger partial charge in [0.2, 0.25) is 0 Å². The molecule has 5 nitrogen and oxygen atoms in total. The summed E-state index contributed by atoms with van der Waals surface area (Å²) in [6.45, 7) is 0. The Morgan fingerprint density at radius 1 is 1.33 bits per heavy atom. The molecule has 1 atom stereocenters. The molecule has 0 spiro atoms.